The molecule has 0 aliphatic carbocycles. The van der Waals surface area contributed by atoms with Crippen molar-refractivity contribution in [3.05, 3.63) is 0 Å². The van der Waals surface area contributed by atoms with Crippen LogP contribution in [0.5, 0.6) is 0 Å². The van der Waals surface area contributed by atoms with Gasteiger partial charge in [0.05, 0.1) is 0 Å². The van der Waals surface area contributed by atoms with Crippen LogP contribution in [0.25, 0.3) is 0 Å². The second-order valence-electron chi connectivity index (χ2n) is 7.33. The van der Waals surface area contributed by atoms with Crippen molar-refractivity contribution in [2.75, 3.05) is 40.3 Å². The van der Waals surface area contributed by atoms with Gasteiger partial charge in [0.15, 0.2) is 0 Å². The summed E-state index contributed by atoms with van der Waals surface area (Å²) in [6.45, 7) is 11.2. The van der Waals surface area contributed by atoms with Crippen molar-refractivity contribution in [2.45, 2.75) is 52.0 Å². The van der Waals surface area contributed by atoms with Crippen LogP contribution in [-0.4, -0.2) is 61.5 Å². The SMILES string of the molecule is CN(C)C(=O)CCCN1CCCC(CNC(C)(C)C)C1. The van der Waals surface area contributed by atoms with Crippen LogP contribution in [-0.2, 0) is 4.79 Å². The summed E-state index contributed by atoms with van der Waals surface area (Å²) in [5.41, 5.74) is 0.209. The molecule has 1 unspecified atom stereocenters. The van der Waals surface area contributed by atoms with Gasteiger partial charge in [-0.25, -0.2) is 0 Å². The Morgan fingerprint density at radius 3 is 2.65 bits per heavy atom. The standard InChI is InChI=1S/C16H33N3O/c1-16(2,3)17-12-14-8-6-10-19(13-14)11-7-9-15(20)18(4)5/h14,17H,6-13H2,1-5H3. The lowest BCUT2D eigenvalue weighted by atomic mass is 9.96. The van der Waals surface area contributed by atoms with Gasteiger partial charge >= 0.3 is 0 Å². The highest BCUT2D eigenvalue weighted by atomic mass is 16.2. The van der Waals surface area contributed by atoms with Gasteiger partial charge in [-0.2, -0.15) is 0 Å². The number of piperidine rings is 1. The van der Waals surface area contributed by atoms with Crippen LogP contribution in [0, 0.1) is 5.92 Å². The molecule has 1 amide bonds. The van der Waals surface area contributed by atoms with E-state index in [1.54, 1.807) is 4.90 Å². The van der Waals surface area contributed by atoms with Crippen LogP contribution < -0.4 is 5.32 Å². The Morgan fingerprint density at radius 2 is 2.05 bits per heavy atom. The molecule has 1 heterocycles. The molecule has 0 spiro atoms. The third-order valence-electron chi connectivity index (χ3n) is 3.89. The molecule has 1 N–H and O–H groups in total. The molecule has 4 nitrogen and oxygen atoms in total. The summed E-state index contributed by atoms with van der Waals surface area (Å²) < 4.78 is 0. The van der Waals surface area contributed by atoms with E-state index in [0.29, 0.717) is 6.42 Å². The molecular weight excluding hydrogens is 250 g/mol. The van der Waals surface area contributed by atoms with Gasteiger partial charge in [-0.05, 0) is 65.6 Å². The van der Waals surface area contributed by atoms with Crippen LogP contribution in [0.15, 0.2) is 0 Å². The zero-order valence-corrected chi connectivity index (χ0v) is 14.0. The Morgan fingerprint density at radius 1 is 1.35 bits per heavy atom. The first kappa shape index (κ1) is 17.4. The summed E-state index contributed by atoms with van der Waals surface area (Å²) in [7, 11) is 3.66. The molecular formula is C16H33N3O. The Bertz CT molecular complexity index is 297. The highest BCUT2D eigenvalue weighted by Crippen LogP contribution is 2.17. The molecule has 0 saturated carbocycles. The molecule has 4 heteroatoms. The molecule has 0 aromatic rings. The maximum Gasteiger partial charge on any atom is 0.222 e. The molecule has 1 aliphatic rings. The molecule has 1 atom stereocenters. The Balaban J connectivity index is 2.22. The van der Waals surface area contributed by atoms with Crippen molar-refractivity contribution in [1.82, 2.24) is 15.1 Å². The summed E-state index contributed by atoms with van der Waals surface area (Å²) in [6, 6.07) is 0. The van der Waals surface area contributed by atoms with Crippen LogP contribution >= 0.6 is 0 Å². The summed E-state index contributed by atoms with van der Waals surface area (Å²) >= 11 is 0. The number of carbonyl (C=O) groups is 1. The maximum absolute atomic E-state index is 11.6. The van der Waals surface area contributed by atoms with E-state index < -0.39 is 0 Å². The number of nitrogens with zero attached hydrogens (tertiary/aromatic N) is 2. The fourth-order valence-corrected chi connectivity index (χ4v) is 2.65. The minimum Gasteiger partial charge on any atom is -0.349 e. The Labute approximate surface area is 124 Å². The van der Waals surface area contributed by atoms with Gasteiger partial charge in [0.1, 0.15) is 0 Å². The average molecular weight is 283 g/mol. The van der Waals surface area contributed by atoms with E-state index in [4.69, 9.17) is 0 Å². The minimum absolute atomic E-state index is 0.209. The quantitative estimate of drug-likeness (QED) is 0.809. The van der Waals surface area contributed by atoms with Gasteiger partial charge in [-0.1, -0.05) is 0 Å². The van der Waals surface area contributed by atoms with E-state index in [-0.39, 0.29) is 11.4 Å². The molecule has 118 valence electrons. The Kier molecular flexibility index (Phi) is 6.96. The molecule has 0 aromatic heterocycles. The summed E-state index contributed by atoms with van der Waals surface area (Å²) in [5, 5.41) is 3.61. The fourth-order valence-electron chi connectivity index (χ4n) is 2.65. The predicted molar refractivity (Wildman–Crippen MR) is 84.8 cm³/mol. The highest BCUT2D eigenvalue weighted by molar-refractivity contribution is 5.75. The highest BCUT2D eigenvalue weighted by Gasteiger charge is 2.21. The average Bonchev–Trinajstić information content (AvgIpc) is 2.36. The maximum atomic E-state index is 11.6. The number of hydrogen-bond acceptors (Lipinski definition) is 3. The first-order valence-corrected chi connectivity index (χ1v) is 7.95. The van der Waals surface area contributed by atoms with Crippen LogP contribution in [0.1, 0.15) is 46.5 Å². The number of amides is 1. The van der Waals surface area contributed by atoms with E-state index in [2.05, 4.69) is 31.0 Å². The van der Waals surface area contributed by atoms with Gasteiger partial charge in [-0.3, -0.25) is 4.79 Å². The van der Waals surface area contributed by atoms with Crippen molar-refractivity contribution in [3.63, 3.8) is 0 Å². The molecule has 0 radical (unpaired) electrons. The lowest BCUT2D eigenvalue weighted by Crippen LogP contribution is -2.44. The lowest BCUT2D eigenvalue weighted by molar-refractivity contribution is -0.128. The zero-order valence-electron chi connectivity index (χ0n) is 14.0. The summed E-state index contributed by atoms with van der Waals surface area (Å²) in [5.74, 6) is 1.00. The van der Waals surface area contributed by atoms with E-state index in [9.17, 15) is 4.79 Å². The normalized spacial score (nSPS) is 20.9. The predicted octanol–water partition coefficient (Wildman–Crippen LogP) is 1.95. The van der Waals surface area contributed by atoms with Crippen molar-refractivity contribution >= 4 is 5.91 Å². The third kappa shape index (κ3) is 7.25. The molecule has 0 bridgehead atoms. The van der Waals surface area contributed by atoms with Crippen molar-refractivity contribution < 1.29 is 4.79 Å². The largest absolute Gasteiger partial charge is 0.349 e. The second-order valence-corrected chi connectivity index (χ2v) is 7.33. The van der Waals surface area contributed by atoms with Crippen molar-refractivity contribution in [3.8, 4) is 0 Å². The van der Waals surface area contributed by atoms with Gasteiger partial charge in [0.25, 0.3) is 0 Å². The monoisotopic (exact) mass is 283 g/mol. The molecule has 1 rings (SSSR count). The number of likely N-dealkylation sites (tertiary alicyclic amines) is 1. The van der Waals surface area contributed by atoms with Crippen LogP contribution in [0.3, 0.4) is 0 Å². The van der Waals surface area contributed by atoms with Gasteiger partial charge in [0, 0.05) is 32.6 Å². The summed E-state index contributed by atoms with van der Waals surface area (Å²) in [6.07, 6.45) is 4.28. The van der Waals surface area contributed by atoms with E-state index in [1.807, 2.05) is 14.1 Å². The van der Waals surface area contributed by atoms with E-state index in [0.717, 1.165) is 25.4 Å². The summed E-state index contributed by atoms with van der Waals surface area (Å²) in [4.78, 5) is 15.8. The topological polar surface area (TPSA) is 35.6 Å². The molecule has 0 aromatic carbocycles. The number of carbonyl (C=O) groups excluding carboxylic acids is 1. The molecule has 1 fully saturated rings. The molecule has 1 saturated heterocycles. The van der Waals surface area contributed by atoms with Gasteiger partial charge in [-0.15, -0.1) is 0 Å². The first-order chi connectivity index (χ1) is 9.28. The third-order valence-corrected chi connectivity index (χ3v) is 3.89. The van der Waals surface area contributed by atoms with Gasteiger partial charge < -0.3 is 15.1 Å². The van der Waals surface area contributed by atoms with Crippen LogP contribution in [0.2, 0.25) is 0 Å². The number of nitrogens with one attached hydrogen (secondary N) is 1. The smallest absolute Gasteiger partial charge is 0.222 e. The lowest BCUT2D eigenvalue weighted by Gasteiger charge is -2.34. The van der Waals surface area contributed by atoms with E-state index in [1.165, 1.54) is 25.9 Å². The van der Waals surface area contributed by atoms with Crippen molar-refractivity contribution in [1.29, 1.82) is 0 Å². The first-order valence-electron chi connectivity index (χ1n) is 7.95. The van der Waals surface area contributed by atoms with Crippen LogP contribution in [0.4, 0.5) is 0 Å². The van der Waals surface area contributed by atoms with Crippen molar-refractivity contribution in [2.24, 2.45) is 5.92 Å². The zero-order chi connectivity index (χ0) is 15.2. The minimum atomic E-state index is 0.209. The molecule has 20 heavy (non-hydrogen) atoms. The van der Waals surface area contributed by atoms with Gasteiger partial charge in [0.2, 0.25) is 5.91 Å². The van der Waals surface area contributed by atoms with E-state index >= 15 is 0 Å². The number of rotatable bonds is 6. The Hall–Kier alpha value is -0.610. The second kappa shape index (κ2) is 7.99. The fraction of sp³-hybridized carbons (Fsp3) is 0.938. The number of hydrogen-bond donors (Lipinski definition) is 1. The molecule has 1 aliphatic heterocycles.